The summed E-state index contributed by atoms with van der Waals surface area (Å²) >= 11 is 0. The molecule has 3 nitrogen and oxygen atoms in total. The van der Waals surface area contributed by atoms with Gasteiger partial charge in [0.05, 0.1) is 5.92 Å². The molecule has 2 N–H and O–H groups in total. The van der Waals surface area contributed by atoms with E-state index in [1.165, 1.54) is 18.4 Å². The number of carbonyl (C=O) groups is 1. The molecular weight excluding hydrogens is 224 g/mol. The predicted octanol–water partition coefficient (Wildman–Crippen LogP) is 2.15. The lowest BCUT2D eigenvalue weighted by atomic mass is 9.87. The van der Waals surface area contributed by atoms with Crippen molar-refractivity contribution < 1.29 is 4.79 Å². The maximum absolute atomic E-state index is 12.0. The van der Waals surface area contributed by atoms with Gasteiger partial charge >= 0.3 is 0 Å². The predicted molar refractivity (Wildman–Crippen MR) is 72.8 cm³/mol. The van der Waals surface area contributed by atoms with Crippen molar-refractivity contribution >= 4 is 11.6 Å². The highest BCUT2D eigenvalue weighted by Crippen LogP contribution is 2.52. The Hall–Kier alpha value is -1.35. The van der Waals surface area contributed by atoms with Crippen LogP contribution in [0.3, 0.4) is 0 Å². The van der Waals surface area contributed by atoms with E-state index in [2.05, 4.69) is 25.1 Å². The first-order valence-corrected chi connectivity index (χ1v) is 6.65. The van der Waals surface area contributed by atoms with E-state index < -0.39 is 0 Å². The Balaban J connectivity index is 2.06. The van der Waals surface area contributed by atoms with Crippen LogP contribution in [-0.4, -0.2) is 19.0 Å². The number of benzene rings is 1. The van der Waals surface area contributed by atoms with E-state index in [-0.39, 0.29) is 23.3 Å². The number of amides is 1. The van der Waals surface area contributed by atoms with Gasteiger partial charge in [0.25, 0.3) is 0 Å². The van der Waals surface area contributed by atoms with Crippen molar-refractivity contribution in [1.82, 2.24) is 0 Å². The number of fused-ring (bicyclic) bond motifs is 1. The zero-order valence-electron chi connectivity index (χ0n) is 11.2. The van der Waals surface area contributed by atoms with E-state index in [1.807, 2.05) is 14.0 Å². The number of hydrogen-bond donors (Lipinski definition) is 1. The van der Waals surface area contributed by atoms with Crippen molar-refractivity contribution in [2.24, 2.45) is 5.73 Å². The van der Waals surface area contributed by atoms with Crippen molar-refractivity contribution in [3.8, 4) is 0 Å². The molecule has 0 radical (unpaired) electrons. The number of anilines is 1. The van der Waals surface area contributed by atoms with Crippen LogP contribution in [0.1, 0.15) is 43.7 Å². The molecule has 3 heteroatoms. The zero-order valence-corrected chi connectivity index (χ0v) is 11.2. The van der Waals surface area contributed by atoms with Crippen molar-refractivity contribution in [3.05, 3.63) is 29.3 Å². The van der Waals surface area contributed by atoms with Gasteiger partial charge < -0.3 is 10.6 Å². The van der Waals surface area contributed by atoms with Crippen molar-refractivity contribution in [3.63, 3.8) is 0 Å². The van der Waals surface area contributed by atoms with E-state index in [4.69, 9.17) is 5.73 Å². The summed E-state index contributed by atoms with van der Waals surface area (Å²) in [4.78, 5) is 13.7. The Morgan fingerprint density at radius 2 is 2.11 bits per heavy atom. The van der Waals surface area contributed by atoms with E-state index in [1.54, 1.807) is 4.90 Å². The quantitative estimate of drug-likeness (QED) is 0.866. The molecule has 1 fully saturated rings. The molecule has 2 aliphatic rings. The summed E-state index contributed by atoms with van der Waals surface area (Å²) in [6.07, 6.45) is 2.34. The van der Waals surface area contributed by atoms with Crippen LogP contribution in [0.2, 0.25) is 0 Å². The van der Waals surface area contributed by atoms with Crippen LogP contribution in [0.15, 0.2) is 18.2 Å². The molecule has 0 spiro atoms. The Labute approximate surface area is 108 Å². The lowest BCUT2D eigenvalue weighted by Crippen LogP contribution is -2.31. The molecule has 0 aromatic heterocycles. The standard InChI is InChI=1S/C15H20N2O/c1-9-12-8-11(15(6-7-15)10(2)16)4-5-13(12)17(3)14(9)18/h4-5,8-10H,6-7,16H2,1-3H3. The Morgan fingerprint density at radius 3 is 2.67 bits per heavy atom. The van der Waals surface area contributed by atoms with Crippen LogP contribution in [0.4, 0.5) is 5.69 Å². The average Bonchev–Trinajstić information content (AvgIpc) is 3.13. The molecular formula is C15H20N2O. The van der Waals surface area contributed by atoms with Gasteiger partial charge in [0.15, 0.2) is 0 Å². The van der Waals surface area contributed by atoms with Gasteiger partial charge in [-0.3, -0.25) is 4.79 Å². The van der Waals surface area contributed by atoms with Crippen LogP contribution in [-0.2, 0) is 10.2 Å². The summed E-state index contributed by atoms with van der Waals surface area (Å²) in [6.45, 7) is 4.07. The first kappa shape index (κ1) is 11.7. The molecule has 18 heavy (non-hydrogen) atoms. The maximum atomic E-state index is 12.0. The average molecular weight is 244 g/mol. The summed E-state index contributed by atoms with van der Waals surface area (Å²) in [5, 5.41) is 0. The first-order valence-electron chi connectivity index (χ1n) is 6.65. The maximum Gasteiger partial charge on any atom is 0.234 e. The number of nitrogens with zero attached hydrogens (tertiary/aromatic N) is 1. The van der Waals surface area contributed by atoms with Crippen LogP contribution in [0.25, 0.3) is 0 Å². The van der Waals surface area contributed by atoms with Crippen molar-refractivity contribution in [2.75, 3.05) is 11.9 Å². The van der Waals surface area contributed by atoms with Gasteiger partial charge in [-0.15, -0.1) is 0 Å². The third-order valence-corrected chi connectivity index (χ3v) is 4.79. The van der Waals surface area contributed by atoms with Gasteiger partial charge in [-0.05, 0) is 43.9 Å². The van der Waals surface area contributed by atoms with Crippen molar-refractivity contribution in [1.29, 1.82) is 0 Å². The van der Waals surface area contributed by atoms with E-state index in [0.29, 0.717) is 0 Å². The van der Waals surface area contributed by atoms with Gasteiger partial charge in [0, 0.05) is 24.2 Å². The topological polar surface area (TPSA) is 46.3 Å². The molecule has 1 amide bonds. The first-order chi connectivity index (χ1) is 8.47. The van der Waals surface area contributed by atoms with Gasteiger partial charge in [-0.1, -0.05) is 12.1 Å². The minimum absolute atomic E-state index is 0.0196. The molecule has 2 unspecified atom stereocenters. The number of hydrogen-bond acceptors (Lipinski definition) is 2. The Bertz CT molecular complexity index is 517. The molecule has 1 aliphatic carbocycles. The molecule has 2 atom stereocenters. The fraction of sp³-hybridized carbons (Fsp3) is 0.533. The number of nitrogens with two attached hydrogens (primary N) is 1. The normalized spacial score (nSPS) is 26.1. The second-order valence-corrected chi connectivity index (χ2v) is 5.84. The van der Waals surface area contributed by atoms with Gasteiger partial charge in [0.1, 0.15) is 0 Å². The van der Waals surface area contributed by atoms with E-state index >= 15 is 0 Å². The summed E-state index contributed by atoms with van der Waals surface area (Å²) in [7, 11) is 1.85. The third-order valence-electron chi connectivity index (χ3n) is 4.79. The lowest BCUT2D eigenvalue weighted by molar-refractivity contribution is -0.118. The molecule has 1 aliphatic heterocycles. The number of rotatable bonds is 2. The lowest BCUT2D eigenvalue weighted by Gasteiger charge is -2.21. The van der Waals surface area contributed by atoms with E-state index in [9.17, 15) is 4.79 Å². The monoisotopic (exact) mass is 244 g/mol. The Kier molecular flexibility index (Phi) is 2.33. The SMILES string of the molecule is CC1C(=O)N(C)c2ccc(C3(C(C)N)CC3)cc21. The van der Waals surface area contributed by atoms with Gasteiger partial charge in [-0.25, -0.2) is 0 Å². The Morgan fingerprint density at radius 1 is 1.44 bits per heavy atom. The fourth-order valence-corrected chi connectivity index (χ4v) is 3.20. The molecule has 1 aromatic rings. The van der Waals surface area contributed by atoms with Crippen LogP contribution in [0, 0.1) is 0 Å². The number of likely N-dealkylation sites (N-methyl/N-ethyl adjacent to an activating group) is 1. The van der Waals surface area contributed by atoms with Crippen LogP contribution in [0.5, 0.6) is 0 Å². The molecule has 1 heterocycles. The number of carbonyl (C=O) groups excluding carboxylic acids is 1. The smallest absolute Gasteiger partial charge is 0.234 e. The second-order valence-electron chi connectivity index (χ2n) is 5.84. The molecule has 1 saturated carbocycles. The van der Waals surface area contributed by atoms with E-state index in [0.717, 1.165) is 11.3 Å². The highest BCUT2D eigenvalue weighted by molar-refractivity contribution is 6.04. The molecule has 3 rings (SSSR count). The van der Waals surface area contributed by atoms with Crippen molar-refractivity contribution in [2.45, 2.75) is 44.1 Å². The zero-order chi connectivity index (χ0) is 13.1. The van der Waals surface area contributed by atoms with Gasteiger partial charge in [-0.2, -0.15) is 0 Å². The molecule has 1 aromatic carbocycles. The van der Waals surface area contributed by atoms with Crippen LogP contribution >= 0.6 is 0 Å². The fourth-order valence-electron chi connectivity index (χ4n) is 3.20. The minimum Gasteiger partial charge on any atom is -0.327 e. The molecule has 96 valence electrons. The second kappa shape index (κ2) is 3.58. The molecule has 0 bridgehead atoms. The highest BCUT2D eigenvalue weighted by Gasteiger charge is 2.48. The summed E-state index contributed by atoms with van der Waals surface area (Å²) in [5.41, 5.74) is 9.81. The summed E-state index contributed by atoms with van der Waals surface area (Å²) in [5.74, 6) is 0.168. The highest BCUT2D eigenvalue weighted by atomic mass is 16.2. The largest absolute Gasteiger partial charge is 0.327 e. The third kappa shape index (κ3) is 1.37. The van der Waals surface area contributed by atoms with Gasteiger partial charge in [0.2, 0.25) is 5.91 Å². The summed E-state index contributed by atoms with van der Waals surface area (Å²) in [6, 6.07) is 6.62. The summed E-state index contributed by atoms with van der Waals surface area (Å²) < 4.78 is 0. The minimum atomic E-state index is -0.0196. The van der Waals surface area contributed by atoms with Crippen LogP contribution < -0.4 is 10.6 Å². The molecule has 0 saturated heterocycles.